The summed E-state index contributed by atoms with van der Waals surface area (Å²) in [6.45, 7) is 1.92. The second-order valence-corrected chi connectivity index (χ2v) is 7.17. The molecule has 0 unspecified atom stereocenters. The average molecular weight is 528 g/mol. The Balaban J connectivity index is 0.00000320. The summed E-state index contributed by atoms with van der Waals surface area (Å²) in [7, 11) is 3.40. The highest BCUT2D eigenvalue weighted by Crippen LogP contribution is 2.20. The van der Waals surface area contributed by atoms with Gasteiger partial charge in [-0.15, -0.1) is 24.0 Å². The number of hydrogen-bond acceptors (Lipinski definition) is 5. The van der Waals surface area contributed by atoms with E-state index >= 15 is 0 Å². The van der Waals surface area contributed by atoms with Gasteiger partial charge in [-0.05, 0) is 37.1 Å². The number of halogens is 1. The number of H-pyrrole nitrogens is 1. The van der Waals surface area contributed by atoms with Crippen LogP contribution in [-0.4, -0.2) is 54.6 Å². The molecule has 0 bridgehead atoms. The molecule has 166 valence electrons. The van der Waals surface area contributed by atoms with Crippen molar-refractivity contribution in [3.63, 3.8) is 0 Å². The molecule has 0 aliphatic heterocycles. The molecule has 1 saturated carbocycles. The average Bonchev–Trinajstić information content (AvgIpc) is 3.08. The van der Waals surface area contributed by atoms with Crippen molar-refractivity contribution in [2.45, 2.75) is 51.2 Å². The molecule has 0 radical (unpaired) electrons. The van der Waals surface area contributed by atoms with Crippen LogP contribution in [0.1, 0.15) is 44.3 Å². The van der Waals surface area contributed by atoms with E-state index in [1.807, 2.05) is 24.3 Å². The maximum atomic E-state index is 6.01. The standard InChI is InChI=1S/C21H32N6O2.HI/c1-22-21(23-13-14-29-18-7-5-3-4-6-8-18)24-15-19-25-20(27-26-19)16-9-11-17(28-2)12-10-16;/h9-12,18H,3-8,13-15H2,1-2H3,(H2,22,23,24)(H,25,26,27);1H. The maximum Gasteiger partial charge on any atom is 0.191 e. The molecule has 9 heteroatoms. The molecule has 30 heavy (non-hydrogen) atoms. The fourth-order valence-electron chi connectivity index (χ4n) is 3.44. The molecule has 1 aromatic heterocycles. The lowest BCUT2D eigenvalue weighted by Crippen LogP contribution is -2.39. The number of rotatable bonds is 8. The van der Waals surface area contributed by atoms with E-state index in [4.69, 9.17) is 9.47 Å². The minimum atomic E-state index is 0. The Labute approximate surface area is 195 Å². The van der Waals surface area contributed by atoms with E-state index in [2.05, 4.69) is 30.8 Å². The largest absolute Gasteiger partial charge is 0.497 e. The second-order valence-electron chi connectivity index (χ2n) is 7.17. The minimum absolute atomic E-state index is 0. The fourth-order valence-corrected chi connectivity index (χ4v) is 3.44. The molecule has 3 N–H and O–H groups in total. The number of guanidine groups is 1. The molecule has 8 nitrogen and oxygen atoms in total. The van der Waals surface area contributed by atoms with Crippen LogP contribution in [0.4, 0.5) is 0 Å². The Morgan fingerprint density at radius 3 is 2.53 bits per heavy atom. The monoisotopic (exact) mass is 528 g/mol. The zero-order valence-corrected chi connectivity index (χ0v) is 20.1. The van der Waals surface area contributed by atoms with E-state index in [-0.39, 0.29) is 24.0 Å². The lowest BCUT2D eigenvalue weighted by molar-refractivity contribution is 0.0468. The smallest absolute Gasteiger partial charge is 0.191 e. The Morgan fingerprint density at radius 2 is 1.87 bits per heavy atom. The van der Waals surface area contributed by atoms with Gasteiger partial charge in [0.1, 0.15) is 11.6 Å². The van der Waals surface area contributed by atoms with Gasteiger partial charge >= 0.3 is 0 Å². The Bertz CT molecular complexity index is 757. The summed E-state index contributed by atoms with van der Waals surface area (Å²) in [6, 6.07) is 7.67. The van der Waals surface area contributed by atoms with Gasteiger partial charge in [0.15, 0.2) is 11.8 Å². The molecule has 1 fully saturated rings. The summed E-state index contributed by atoms with van der Waals surface area (Å²) in [5, 5.41) is 13.8. The fraction of sp³-hybridized carbons (Fsp3) is 0.571. The van der Waals surface area contributed by atoms with Crippen molar-refractivity contribution < 1.29 is 9.47 Å². The van der Waals surface area contributed by atoms with E-state index in [0.29, 0.717) is 25.1 Å². The van der Waals surface area contributed by atoms with Gasteiger partial charge in [0.2, 0.25) is 0 Å². The summed E-state index contributed by atoms with van der Waals surface area (Å²) in [5.74, 6) is 2.93. The first-order valence-electron chi connectivity index (χ1n) is 10.4. The van der Waals surface area contributed by atoms with Gasteiger partial charge in [-0.25, -0.2) is 4.98 Å². The van der Waals surface area contributed by atoms with Crippen molar-refractivity contribution in [1.29, 1.82) is 0 Å². The zero-order valence-electron chi connectivity index (χ0n) is 17.8. The van der Waals surface area contributed by atoms with Crippen LogP contribution in [0.2, 0.25) is 0 Å². The van der Waals surface area contributed by atoms with Crippen molar-refractivity contribution in [3.05, 3.63) is 30.1 Å². The maximum absolute atomic E-state index is 6.01. The minimum Gasteiger partial charge on any atom is -0.497 e. The normalized spacial score (nSPS) is 15.2. The summed E-state index contributed by atoms with van der Waals surface area (Å²) >= 11 is 0. The quantitative estimate of drug-likeness (QED) is 0.160. The lowest BCUT2D eigenvalue weighted by Gasteiger charge is -2.16. The van der Waals surface area contributed by atoms with Crippen LogP contribution >= 0.6 is 24.0 Å². The van der Waals surface area contributed by atoms with Crippen LogP contribution in [-0.2, 0) is 11.3 Å². The molecule has 2 aromatic rings. The van der Waals surface area contributed by atoms with Crippen LogP contribution in [0.15, 0.2) is 29.3 Å². The number of hydrogen-bond donors (Lipinski definition) is 3. The highest BCUT2D eigenvalue weighted by Gasteiger charge is 2.12. The van der Waals surface area contributed by atoms with Gasteiger partial charge in [0, 0.05) is 19.2 Å². The van der Waals surface area contributed by atoms with E-state index in [1.54, 1.807) is 14.2 Å². The molecule has 1 heterocycles. The van der Waals surface area contributed by atoms with E-state index in [0.717, 1.165) is 29.6 Å². The van der Waals surface area contributed by atoms with E-state index < -0.39 is 0 Å². The predicted octanol–water partition coefficient (Wildman–Crippen LogP) is 3.50. The number of methoxy groups -OCH3 is 1. The van der Waals surface area contributed by atoms with Crippen LogP contribution in [0.3, 0.4) is 0 Å². The molecule has 0 saturated heterocycles. The van der Waals surface area contributed by atoms with Crippen molar-refractivity contribution in [3.8, 4) is 17.1 Å². The van der Waals surface area contributed by atoms with Gasteiger partial charge in [0.25, 0.3) is 0 Å². The highest BCUT2D eigenvalue weighted by atomic mass is 127. The Hall–Kier alpha value is -1.88. The van der Waals surface area contributed by atoms with Crippen LogP contribution < -0.4 is 15.4 Å². The molecule has 3 rings (SSSR count). The third-order valence-electron chi connectivity index (χ3n) is 5.08. The molecule has 0 atom stereocenters. The van der Waals surface area contributed by atoms with Gasteiger partial charge in [-0.1, -0.05) is 25.7 Å². The topological polar surface area (TPSA) is 96.5 Å². The van der Waals surface area contributed by atoms with Crippen molar-refractivity contribution in [1.82, 2.24) is 25.8 Å². The number of aromatic nitrogens is 3. The third-order valence-corrected chi connectivity index (χ3v) is 5.08. The van der Waals surface area contributed by atoms with Crippen LogP contribution in [0.25, 0.3) is 11.4 Å². The number of aliphatic imine (C=N–C) groups is 1. The molecular weight excluding hydrogens is 495 g/mol. The number of aromatic amines is 1. The molecule has 1 aliphatic rings. The lowest BCUT2D eigenvalue weighted by atomic mass is 10.1. The SMILES string of the molecule is CN=C(NCCOC1CCCCCC1)NCc1nc(-c2ccc(OC)cc2)n[nH]1.I. The van der Waals surface area contributed by atoms with Gasteiger partial charge in [0.05, 0.1) is 26.4 Å². The number of nitrogens with zero attached hydrogens (tertiary/aromatic N) is 3. The zero-order chi connectivity index (χ0) is 20.3. The predicted molar refractivity (Wildman–Crippen MR) is 129 cm³/mol. The van der Waals surface area contributed by atoms with Gasteiger partial charge in [-0.3, -0.25) is 10.1 Å². The van der Waals surface area contributed by atoms with Crippen molar-refractivity contribution in [2.75, 3.05) is 27.3 Å². The Morgan fingerprint density at radius 1 is 1.13 bits per heavy atom. The van der Waals surface area contributed by atoms with Crippen LogP contribution in [0, 0.1) is 0 Å². The number of ether oxygens (including phenoxy) is 2. The first-order valence-corrected chi connectivity index (χ1v) is 10.4. The van der Waals surface area contributed by atoms with E-state index in [9.17, 15) is 0 Å². The summed E-state index contributed by atoms with van der Waals surface area (Å²) in [4.78, 5) is 8.78. The molecule has 1 aliphatic carbocycles. The summed E-state index contributed by atoms with van der Waals surface area (Å²) in [6.07, 6.45) is 8.06. The molecular formula is C21H33IN6O2. The molecule has 1 aromatic carbocycles. The van der Waals surface area contributed by atoms with Gasteiger partial charge < -0.3 is 20.1 Å². The third kappa shape index (κ3) is 7.75. The first kappa shape index (κ1) is 24.4. The van der Waals surface area contributed by atoms with Crippen molar-refractivity contribution in [2.24, 2.45) is 4.99 Å². The number of nitrogens with one attached hydrogen (secondary N) is 3. The first-order chi connectivity index (χ1) is 14.3. The second kappa shape index (κ2) is 13.4. The van der Waals surface area contributed by atoms with E-state index in [1.165, 1.54) is 38.5 Å². The van der Waals surface area contributed by atoms with Crippen molar-refractivity contribution >= 4 is 29.9 Å². The summed E-state index contributed by atoms with van der Waals surface area (Å²) in [5.41, 5.74) is 0.937. The number of benzene rings is 1. The molecule has 0 amide bonds. The Kier molecular flexibility index (Phi) is 10.9. The molecule has 0 spiro atoms. The van der Waals surface area contributed by atoms with Gasteiger partial charge in [-0.2, -0.15) is 5.10 Å². The highest BCUT2D eigenvalue weighted by molar-refractivity contribution is 14.0. The van der Waals surface area contributed by atoms with Crippen LogP contribution in [0.5, 0.6) is 5.75 Å². The summed E-state index contributed by atoms with van der Waals surface area (Å²) < 4.78 is 11.2.